The van der Waals surface area contributed by atoms with Crippen molar-refractivity contribution in [3.63, 3.8) is 0 Å². The summed E-state index contributed by atoms with van der Waals surface area (Å²) < 4.78 is 12.0. The van der Waals surface area contributed by atoms with Gasteiger partial charge in [-0.1, -0.05) is 11.6 Å². The van der Waals surface area contributed by atoms with E-state index in [9.17, 15) is 0 Å². The topological polar surface area (TPSA) is 57.4 Å². The average Bonchev–Trinajstić information content (AvgIpc) is 2.45. The summed E-state index contributed by atoms with van der Waals surface area (Å²) >= 11 is 9.38. The molecule has 106 valence electrons. The van der Waals surface area contributed by atoms with Crippen LogP contribution in [-0.4, -0.2) is 12.1 Å². The molecule has 2 rings (SSSR count). The Hall–Kier alpha value is -1.30. The maximum absolute atomic E-state index is 6.01. The van der Waals surface area contributed by atoms with Crippen LogP contribution in [0.4, 0.5) is 0 Å². The standard InChI is InChI=1S/C14H14BrClN2O2/c1-19-13-4-12(16)3-10(5-17)14(13)20-8-9-2-11(15)7-18-6-9/h2-4,6-7H,5,8,17H2,1H3. The van der Waals surface area contributed by atoms with E-state index in [0.29, 0.717) is 29.7 Å². The third-order valence-corrected chi connectivity index (χ3v) is 3.33. The van der Waals surface area contributed by atoms with Gasteiger partial charge in [-0.3, -0.25) is 4.98 Å². The molecule has 20 heavy (non-hydrogen) atoms. The predicted molar refractivity (Wildman–Crippen MR) is 82.2 cm³/mol. The van der Waals surface area contributed by atoms with Gasteiger partial charge in [-0.05, 0) is 28.1 Å². The molecule has 1 aromatic carbocycles. The Morgan fingerprint density at radius 3 is 2.75 bits per heavy atom. The zero-order chi connectivity index (χ0) is 14.5. The van der Waals surface area contributed by atoms with Crippen molar-refractivity contribution in [3.8, 4) is 11.5 Å². The summed E-state index contributed by atoms with van der Waals surface area (Å²) in [4.78, 5) is 4.09. The molecule has 0 saturated heterocycles. The molecule has 0 saturated carbocycles. The van der Waals surface area contributed by atoms with E-state index < -0.39 is 0 Å². The first-order valence-electron chi connectivity index (χ1n) is 5.92. The van der Waals surface area contributed by atoms with Gasteiger partial charge in [0.15, 0.2) is 11.5 Å². The highest BCUT2D eigenvalue weighted by Crippen LogP contribution is 2.35. The molecule has 0 bridgehead atoms. The first-order chi connectivity index (χ1) is 9.63. The number of hydrogen-bond acceptors (Lipinski definition) is 4. The van der Waals surface area contributed by atoms with Gasteiger partial charge in [0.25, 0.3) is 0 Å². The van der Waals surface area contributed by atoms with Crippen LogP contribution in [0.3, 0.4) is 0 Å². The molecule has 1 aromatic heterocycles. The van der Waals surface area contributed by atoms with Crippen molar-refractivity contribution in [2.75, 3.05) is 7.11 Å². The van der Waals surface area contributed by atoms with E-state index in [4.69, 9.17) is 26.8 Å². The second kappa shape index (κ2) is 6.92. The van der Waals surface area contributed by atoms with Gasteiger partial charge in [0, 0.05) is 45.6 Å². The summed E-state index contributed by atoms with van der Waals surface area (Å²) in [7, 11) is 1.57. The number of rotatable bonds is 5. The molecule has 0 spiro atoms. The highest BCUT2D eigenvalue weighted by molar-refractivity contribution is 9.10. The Morgan fingerprint density at radius 2 is 2.10 bits per heavy atom. The number of ether oxygens (including phenoxy) is 2. The molecule has 0 fully saturated rings. The van der Waals surface area contributed by atoms with Gasteiger partial charge in [-0.15, -0.1) is 0 Å². The van der Waals surface area contributed by atoms with E-state index in [2.05, 4.69) is 20.9 Å². The van der Waals surface area contributed by atoms with Crippen LogP contribution in [0.2, 0.25) is 5.02 Å². The largest absolute Gasteiger partial charge is 0.493 e. The lowest BCUT2D eigenvalue weighted by Crippen LogP contribution is -2.05. The summed E-state index contributed by atoms with van der Waals surface area (Å²) in [6.45, 7) is 0.695. The van der Waals surface area contributed by atoms with Crippen molar-refractivity contribution < 1.29 is 9.47 Å². The molecule has 2 N–H and O–H groups in total. The number of aromatic nitrogens is 1. The third kappa shape index (κ3) is 3.62. The minimum Gasteiger partial charge on any atom is -0.493 e. The molecule has 0 unspecified atom stereocenters. The van der Waals surface area contributed by atoms with E-state index in [0.717, 1.165) is 15.6 Å². The summed E-state index contributed by atoms with van der Waals surface area (Å²) in [6.07, 6.45) is 3.47. The summed E-state index contributed by atoms with van der Waals surface area (Å²) in [5, 5.41) is 0.568. The summed E-state index contributed by atoms with van der Waals surface area (Å²) in [5.74, 6) is 1.18. The van der Waals surface area contributed by atoms with E-state index in [1.54, 1.807) is 31.6 Å². The Balaban J connectivity index is 2.24. The molecule has 0 aliphatic carbocycles. The third-order valence-electron chi connectivity index (χ3n) is 2.68. The van der Waals surface area contributed by atoms with Crippen molar-refractivity contribution in [1.82, 2.24) is 4.98 Å². The molecule has 0 amide bonds. The zero-order valence-corrected chi connectivity index (χ0v) is 13.2. The van der Waals surface area contributed by atoms with Crippen LogP contribution >= 0.6 is 27.5 Å². The number of halogens is 2. The smallest absolute Gasteiger partial charge is 0.166 e. The molecule has 0 aliphatic heterocycles. The molecule has 0 aliphatic rings. The first kappa shape index (κ1) is 15.1. The van der Waals surface area contributed by atoms with Crippen LogP contribution in [0, 0.1) is 0 Å². The summed E-state index contributed by atoms with van der Waals surface area (Å²) in [5.41, 5.74) is 7.47. The van der Waals surface area contributed by atoms with Crippen molar-refractivity contribution in [2.45, 2.75) is 13.2 Å². The van der Waals surface area contributed by atoms with Gasteiger partial charge >= 0.3 is 0 Å². The van der Waals surface area contributed by atoms with E-state index in [1.165, 1.54) is 0 Å². The molecule has 1 heterocycles. The molecule has 0 radical (unpaired) electrons. The average molecular weight is 358 g/mol. The Kier molecular flexibility index (Phi) is 5.23. The number of methoxy groups -OCH3 is 1. The maximum Gasteiger partial charge on any atom is 0.166 e. The second-order valence-electron chi connectivity index (χ2n) is 4.10. The number of pyridine rings is 1. The molecular weight excluding hydrogens is 344 g/mol. The van der Waals surface area contributed by atoms with Crippen molar-refractivity contribution in [1.29, 1.82) is 0 Å². The van der Waals surface area contributed by atoms with Crippen LogP contribution < -0.4 is 15.2 Å². The molecule has 0 atom stereocenters. The zero-order valence-electron chi connectivity index (χ0n) is 10.9. The first-order valence-corrected chi connectivity index (χ1v) is 7.10. The number of hydrogen-bond donors (Lipinski definition) is 1. The maximum atomic E-state index is 6.01. The van der Waals surface area contributed by atoms with Crippen LogP contribution in [0.25, 0.3) is 0 Å². The lowest BCUT2D eigenvalue weighted by atomic mass is 10.2. The van der Waals surface area contributed by atoms with E-state index in [1.807, 2.05) is 6.07 Å². The quantitative estimate of drug-likeness (QED) is 0.889. The highest BCUT2D eigenvalue weighted by atomic mass is 79.9. The predicted octanol–water partition coefficient (Wildman–Crippen LogP) is 3.54. The normalized spacial score (nSPS) is 10.4. The fourth-order valence-corrected chi connectivity index (χ4v) is 2.42. The SMILES string of the molecule is COc1cc(Cl)cc(CN)c1OCc1cncc(Br)c1. The van der Waals surface area contributed by atoms with Gasteiger partial charge in [0.2, 0.25) is 0 Å². The van der Waals surface area contributed by atoms with Crippen LogP contribution in [-0.2, 0) is 13.2 Å². The number of nitrogens with zero attached hydrogens (tertiary/aromatic N) is 1. The number of nitrogens with two attached hydrogens (primary N) is 1. The molecular formula is C14H14BrClN2O2. The van der Waals surface area contributed by atoms with Crippen molar-refractivity contribution >= 4 is 27.5 Å². The Bertz CT molecular complexity index is 582. The Morgan fingerprint density at radius 1 is 1.30 bits per heavy atom. The van der Waals surface area contributed by atoms with Crippen molar-refractivity contribution in [3.05, 3.63) is 51.2 Å². The van der Waals surface area contributed by atoms with Crippen LogP contribution in [0.5, 0.6) is 11.5 Å². The van der Waals surface area contributed by atoms with Gasteiger partial charge in [0.1, 0.15) is 6.61 Å². The number of benzene rings is 1. The molecule has 6 heteroatoms. The fraction of sp³-hybridized carbons (Fsp3) is 0.214. The monoisotopic (exact) mass is 356 g/mol. The lowest BCUT2D eigenvalue weighted by molar-refractivity contribution is 0.281. The van der Waals surface area contributed by atoms with E-state index >= 15 is 0 Å². The van der Waals surface area contributed by atoms with Gasteiger partial charge in [-0.25, -0.2) is 0 Å². The Labute approximate surface area is 131 Å². The van der Waals surface area contributed by atoms with Crippen molar-refractivity contribution in [2.24, 2.45) is 5.73 Å². The van der Waals surface area contributed by atoms with Crippen LogP contribution in [0.1, 0.15) is 11.1 Å². The minimum absolute atomic E-state index is 0.322. The minimum atomic E-state index is 0.322. The lowest BCUT2D eigenvalue weighted by Gasteiger charge is -2.15. The molecule has 2 aromatic rings. The van der Waals surface area contributed by atoms with Gasteiger partial charge in [0.05, 0.1) is 7.11 Å². The van der Waals surface area contributed by atoms with E-state index in [-0.39, 0.29) is 0 Å². The molecule has 4 nitrogen and oxygen atoms in total. The van der Waals surface area contributed by atoms with Crippen LogP contribution in [0.15, 0.2) is 35.1 Å². The highest BCUT2D eigenvalue weighted by Gasteiger charge is 2.12. The van der Waals surface area contributed by atoms with Gasteiger partial charge < -0.3 is 15.2 Å². The summed E-state index contributed by atoms with van der Waals surface area (Å²) in [6, 6.07) is 5.42. The fourth-order valence-electron chi connectivity index (χ4n) is 1.78. The second-order valence-corrected chi connectivity index (χ2v) is 5.45. The van der Waals surface area contributed by atoms with Gasteiger partial charge in [-0.2, -0.15) is 0 Å².